The van der Waals surface area contributed by atoms with Crippen molar-refractivity contribution in [1.29, 1.82) is 0 Å². The third-order valence-electron chi connectivity index (χ3n) is 3.93. The van der Waals surface area contributed by atoms with Crippen LogP contribution < -0.4 is 20.2 Å². The normalized spacial score (nSPS) is 10.5. The van der Waals surface area contributed by atoms with Crippen molar-refractivity contribution in [3.63, 3.8) is 0 Å². The highest BCUT2D eigenvalue weighted by molar-refractivity contribution is 6.39. The Morgan fingerprint density at radius 2 is 1.89 bits per heavy atom. The number of benzene rings is 2. The van der Waals surface area contributed by atoms with E-state index in [9.17, 15) is 9.59 Å². The molecule has 142 valence electrons. The van der Waals surface area contributed by atoms with Crippen molar-refractivity contribution in [1.82, 2.24) is 5.43 Å². The topological polar surface area (TPSA) is 89.0 Å². The highest BCUT2D eigenvalue weighted by Crippen LogP contribution is 2.27. The van der Waals surface area contributed by atoms with Crippen LogP contribution in [0, 0.1) is 13.8 Å². The van der Waals surface area contributed by atoms with E-state index in [0.717, 1.165) is 11.1 Å². The molecule has 0 radical (unpaired) electrons. The number of nitrogens with zero attached hydrogens (tertiary/aromatic N) is 1. The molecule has 7 heteroatoms. The molecule has 2 aromatic rings. The van der Waals surface area contributed by atoms with E-state index in [2.05, 4.69) is 15.8 Å². The Bertz CT molecular complexity index is 862. The summed E-state index contributed by atoms with van der Waals surface area (Å²) < 4.78 is 10.7. The second-order valence-corrected chi connectivity index (χ2v) is 5.74. The van der Waals surface area contributed by atoms with E-state index in [-0.39, 0.29) is 0 Å². The van der Waals surface area contributed by atoms with Gasteiger partial charge < -0.3 is 14.8 Å². The van der Waals surface area contributed by atoms with E-state index in [1.807, 2.05) is 32.9 Å². The molecular formula is C20H23N3O4. The van der Waals surface area contributed by atoms with Gasteiger partial charge in [-0.2, -0.15) is 5.10 Å². The van der Waals surface area contributed by atoms with E-state index < -0.39 is 11.8 Å². The molecule has 27 heavy (non-hydrogen) atoms. The van der Waals surface area contributed by atoms with Crippen LogP contribution in [0.2, 0.25) is 0 Å². The molecule has 0 aliphatic carbocycles. The zero-order valence-corrected chi connectivity index (χ0v) is 15.8. The van der Waals surface area contributed by atoms with Crippen molar-refractivity contribution >= 4 is 23.7 Å². The van der Waals surface area contributed by atoms with Crippen molar-refractivity contribution in [2.45, 2.75) is 20.8 Å². The van der Waals surface area contributed by atoms with Crippen LogP contribution in [-0.2, 0) is 9.59 Å². The first kappa shape index (κ1) is 20.0. The zero-order valence-electron chi connectivity index (χ0n) is 15.8. The van der Waals surface area contributed by atoms with E-state index in [4.69, 9.17) is 9.47 Å². The molecule has 2 N–H and O–H groups in total. The molecule has 0 aromatic heterocycles. The second-order valence-electron chi connectivity index (χ2n) is 5.74. The molecule has 7 nitrogen and oxygen atoms in total. The molecule has 0 heterocycles. The van der Waals surface area contributed by atoms with Crippen LogP contribution in [0.3, 0.4) is 0 Å². The Kier molecular flexibility index (Phi) is 6.93. The Labute approximate surface area is 158 Å². The van der Waals surface area contributed by atoms with Crippen LogP contribution in [-0.4, -0.2) is 31.7 Å². The third kappa shape index (κ3) is 5.31. The summed E-state index contributed by atoms with van der Waals surface area (Å²) in [7, 11) is 1.56. The molecule has 0 spiro atoms. The van der Waals surface area contributed by atoms with Gasteiger partial charge in [-0.3, -0.25) is 9.59 Å². The smallest absolute Gasteiger partial charge is 0.329 e. The van der Waals surface area contributed by atoms with Crippen molar-refractivity contribution in [2.75, 3.05) is 19.0 Å². The lowest BCUT2D eigenvalue weighted by molar-refractivity contribution is -0.136. The molecular weight excluding hydrogens is 346 g/mol. The van der Waals surface area contributed by atoms with Crippen LogP contribution in [0.5, 0.6) is 11.5 Å². The Hall–Kier alpha value is -3.35. The maximum absolute atomic E-state index is 12.0. The van der Waals surface area contributed by atoms with Gasteiger partial charge in [0, 0.05) is 5.69 Å². The van der Waals surface area contributed by atoms with E-state index >= 15 is 0 Å². The molecule has 2 aromatic carbocycles. The lowest BCUT2D eigenvalue weighted by Gasteiger charge is -2.10. The molecule has 2 rings (SSSR count). The summed E-state index contributed by atoms with van der Waals surface area (Å²) in [5.41, 5.74) is 5.42. The highest BCUT2D eigenvalue weighted by Gasteiger charge is 2.14. The number of amides is 2. The number of hydrogen-bond donors (Lipinski definition) is 2. The number of carbonyl (C=O) groups is 2. The Balaban J connectivity index is 1.99. The van der Waals surface area contributed by atoms with Crippen molar-refractivity contribution in [2.24, 2.45) is 5.10 Å². The quantitative estimate of drug-likeness (QED) is 0.465. The minimum atomic E-state index is -0.856. The van der Waals surface area contributed by atoms with Crippen LogP contribution in [0.15, 0.2) is 41.5 Å². The third-order valence-corrected chi connectivity index (χ3v) is 3.93. The number of aryl methyl sites for hydroxylation is 1. The maximum Gasteiger partial charge on any atom is 0.329 e. The number of anilines is 1. The number of nitrogens with one attached hydrogen (secondary N) is 2. The molecule has 0 saturated heterocycles. The molecule has 0 aliphatic rings. The molecule has 0 saturated carbocycles. The summed E-state index contributed by atoms with van der Waals surface area (Å²) >= 11 is 0. The van der Waals surface area contributed by atoms with E-state index in [1.54, 1.807) is 31.4 Å². The Morgan fingerprint density at radius 1 is 1.11 bits per heavy atom. The highest BCUT2D eigenvalue weighted by atomic mass is 16.5. The van der Waals surface area contributed by atoms with Gasteiger partial charge in [0.2, 0.25) is 0 Å². The van der Waals surface area contributed by atoms with Gasteiger partial charge in [0.25, 0.3) is 0 Å². The van der Waals surface area contributed by atoms with Gasteiger partial charge in [0.15, 0.2) is 11.5 Å². The summed E-state index contributed by atoms with van der Waals surface area (Å²) in [5, 5.41) is 6.40. The standard InChI is InChI=1S/C20H23N3O4/c1-5-27-18-11-15(9-10-17(18)26-4)12-21-23-20(25)19(24)22-16-8-6-7-13(2)14(16)3/h6-12H,5H2,1-4H3,(H,22,24)(H,23,25)/b21-12-. The summed E-state index contributed by atoms with van der Waals surface area (Å²) in [6, 6.07) is 10.7. The number of carbonyl (C=O) groups excluding carboxylic acids is 2. The molecule has 2 amide bonds. The first-order valence-corrected chi connectivity index (χ1v) is 8.47. The van der Waals surface area contributed by atoms with Gasteiger partial charge in [0.1, 0.15) is 0 Å². The van der Waals surface area contributed by atoms with Gasteiger partial charge in [-0.25, -0.2) is 5.43 Å². The average molecular weight is 369 g/mol. The molecule has 0 atom stereocenters. The number of ether oxygens (including phenoxy) is 2. The second kappa shape index (κ2) is 9.38. The SMILES string of the molecule is CCOc1cc(/C=N\NC(=O)C(=O)Nc2cccc(C)c2C)ccc1OC. The maximum atomic E-state index is 12.0. The van der Waals surface area contributed by atoms with Crippen molar-refractivity contribution < 1.29 is 19.1 Å². The summed E-state index contributed by atoms with van der Waals surface area (Å²) in [4.78, 5) is 23.9. The van der Waals surface area contributed by atoms with Crippen LogP contribution in [0.25, 0.3) is 0 Å². The minimum absolute atomic E-state index is 0.492. The minimum Gasteiger partial charge on any atom is -0.493 e. The van der Waals surface area contributed by atoms with E-state index in [0.29, 0.717) is 29.4 Å². The Morgan fingerprint density at radius 3 is 2.59 bits per heavy atom. The molecule has 0 bridgehead atoms. The first-order valence-electron chi connectivity index (χ1n) is 8.47. The lowest BCUT2D eigenvalue weighted by Crippen LogP contribution is -2.32. The van der Waals surface area contributed by atoms with Gasteiger partial charge in [-0.05, 0) is 61.7 Å². The van der Waals surface area contributed by atoms with Gasteiger partial charge >= 0.3 is 11.8 Å². The van der Waals surface area contributed by atoms with Gasteiger partial charge in [0.05, 0.1) is 19.9 Å². The summed E-state index contributed by atoms with van der Waals surface area (Å²) in [6.45, 7) is 6.17. The van der Waals surface area contributed by atoms with Gasteiger partial charge in [-0.1, -0.05) is 12.1 Å². The lowest BCUT2D eigenvalue weighted by atomic mass is 10.1. The van der Waals surface area contributed by atoms with Gasteiger partial charge in [-0.15, -0.1) is 0 Å². The average Bonchev–Trinajstić information content (AvgIpc) is 2.66. The molecule has 0 unspecified atom stereocenters. The molecule has 0 aliphatic heterocycles. The number of methoxy groups -OCH3 is 1. The van der Waals surface area contributed by atoms with Crippen LogP contribution >= 0.6 is 0 Å². The number of hydrazone groups is 1. The molecule has 0 fully saturated rings. The first-order chi connectivity index (χ1) is 13.0. The predicted octanol–water partition coefficient (Wildman–Crippen LogP) is 2.80. The largest absolute Gasteiger partial charge is 0.493 e. The summed E-state index contributed by atoms with van der Waals surface area (Å²) in [6.07, 6.45) is 1.42. The summed E-state index contributed by atoms with van der Waals surface area (Å²) in [5.74, 6) is -0.467. The monoisotopic (exact) mass is 369 g/mol. The van der Waals surface area contributed by atoms with Crippen LogP contribution in [0.4, 0.5) is 5.69 Å². The predicted molar refractivity (Wildman–Crippen MR) is 104 cm³/mol. The van der Waals surface area contributed by atoms with E-state index in [1.165, 1.54) is 6.21 Å². The number of hydrogen-bond acceptors (Lipinski definition) is 5. The fraction of sp³-hybridized carbons (Fsp3) is 0.250. The van der Waals surface area contributed by atoms with Crippen molar-refractivity contribution in [3.8, 4) is 11.5 Å². The van der Waals surface area contributed by atoms with Crippen LogP contribution in [0.1, 0.15) is 23.6 Å². The fourth-order valence-electron chi connectivity index (χ4n) is 2.32. The zero-order chi connectivity index (χ0) is 19.8. The van der Waals surface area contributed by atoms with Crippen molar-refractivity contribution in [3.05, 3.63) is 53.1 Å². The fourth-order valence-corrected chi connectivity index (χ4v) is 2.32. The number of rotatable bonds is 6.